The Balaban J connectivity index is 1.83. The minimum atomic E-state index is -0.658. The first-order valence-corrected chi connectivity index (χ1v) is 9.97. The Hall–Kier alpha value is -2.16. The Labute approximate surface area is 166 Å². The summed E-state index contributed by atoms with van der Waals surface area (Å²) in [5.74, 6) is -0.493. The van der Waals surface area contributed by atoms with E-state index in [1.54, 1.807) is 16.8 Å². The topological polar surface area (TPSA) is 111 Å². The Morgan fingerprint density at radius 2 is 1.82 bits per heavy atom. The number of likely N-dealkylation sites (tertiary alicyclic amines) is 2. The SMILES string of the molecule is CNCC(=O)NC(CC(C)C)C(=O)NCC(=O)N1CCC2(CCN(C=O)C2)C1. The van der Waals surface area contributed by atoms with Crippen molar-refractivity contribution in [2.75, 3.05) is 46.3 Å². The molecule has 1 spiro atoms. The number of amides is 4. The second-order valence-electron chi connectivity index (χ2n) is 8.39. The van der Waals surface area contributed by atoms with Crippen molar-refractivity contribution >= 4 is 24.1 Å². The lowest BCUT2D eigenvalue weighted by molar-refractivity contribution is -0.133. The molecule has 2 unspecified atom stereocenters. The molecule has 2 atom stereocenters. The van der Waals surface area contributed by atoms with E-state index < -0.39 is 6.04 Å². The van der Waals surface area contributed by atoms with Crippen LogP contribution in [0.25, 0.3) is 0 Å². The molecule has 0 radical (unpaired) electrons. The summed E-state index contributed by atoms with van der Waals surface area (Å²) in [6.07, 6.45) is 3.17. The molecule has 0 saturated carbocycles. The molecular formula is C19H33N5O4. The fourth-order valence-electron chi connectivity index (χ4n) is 4.05. The Morgan fingerprint density at radius 3 is 2.43 bits per heavy atom. The van der Waals surface area contributed by atoms with E-state index >= 15 is 0 Å². The van der Waals surface area contributed by atoms with Gasteiger partial charge in [-0.05, 0) is 32.2 Å². The number of hydrogen-bond acceptors (Lipinski definition) is 5. The molecule has 0 aromatic heterocycles. The van der Waals surface area contributed by atoms with Crippen LogP contribution in [0.3, 0.4) is 0 Å². The normalized spacial score (nSPS) is 22.6. The lowest BCUT2D eigenvalue weighted by Crippen LogP contribution is -2.51. The van der Waals surface area contributed by atoms with E-state index in [1.165, 1.54) is 0 Å². The predicted octanol–water partition coefficient (Wildman–Crippen LogP) is -1.07. The van der Waals surface area contributed by atoms with Crippen LogP contribution in [-0.2, 0) is 19.2 Å². The third-order valence-electron chi connectivity index (χ3n) is 5.52. The second kappa shape index (κ2) is 9.86. The fraction of sp³-hybridized carbons (Fsp3) is 0.789. The summed E-state index contributed by atoms with van der Waals surface area (Å²) in [6.45, 7) is 6.71. The van der Waals surface area contributed by atoms with E-state index in [0.29, 0.717) is 26.1 Å². The van der Waals surface area contributed by atoms with Crippen LogP contribution in [0.4, 0.5) is 0 Å². The van der Waals surface area contributed by atoms with Crippen molar-refractivity contribution in [1.82, 2.24) is 25.8 Å². The molecule has 0 aromatic carbocycles. The fourth-order valence-corrected chi connectivity index (χ4v) is 4.05. The quantitative estimate of drug-likeness (QED) is 0.431. The molecule has 3 N–H and O–H groups in total. The second-order valence-corrected chi connectivity index (χ2v) is 8.39. The van der Waals surface area contributed by atoms with Gasteiger partial charge in [0.05, 0.1) is 13.1 Å². The zero-order valence-electron chi connectivity index (χ0n) is 17.1. The predicted molar refractivity (Wildman–Crippen MR) is 104 cm³/mol. The van der Waals surface area contributed by atoms with Crippen molar-refractivity contribution in [3.8, 4) is 0 Å². The number of carbonyl (C=O) groups excluding carboxylic acids is 4. The highest BCUT2D eigenvalue weighted by Gasteiger charge is 2.44. The van der Waals surface area contributed by atoms with Crippen LogP contribution in [0, 0.1) is 11.3 Å². The van der Waals surface area contributed by atoms with Gasteiger partial charge in [0.1, 0.15) is 6.04 Å². The van der Waals surface area contributed by atoms with E-state index in [0.717, 1.165) is 25.8 Å². The number of likely N-dealkylation sites (N-methyl/N-ethyl adjacent to an activating group) is 1. The highest BCUT2D eigenvalue weighted by molar-refractivity contribution is 5.91. The van der Waals surface area contributed by atoms with Gasteiger partial charge < -0.3 is 25.8 Å². The largest absolute Gasteiger partial charge is 0.345 e. The van der Waals surface area contributed by atoms with Crippen molar-refractivity contribution in [3.05, 3.63) is 0 Å². The highest BCUT2D eigenvalue weighted by Crippen LogP contribution is 2.38. The van der Waals surface area contributed by atoms with Crippen molar-refractivity contribution in [3.63, 3.8) is 0 Å². The summed E-state index contributed by atoms with van der Waals surface area (Å²) in [5.41, 5.74) is 0.00187. The first kappa shape index (κ1) is 22.1. The van der Waals surface area contributed by atoms with Crippen LogP contribution in [0.15, 0.2) is 0 Å². The lowest BCUT2D eigenvalue weighted by atomic mass is 9.86. The van der Waals surface area contributed by atoms with Gasteiger partial charge in [-0.1, -0.05) is 13.8 Å². The Bertz CT molecular complexity index is 597. The average Bonchev–Trinajstić information content (AvgIpc) is 3.25. The molecule has 0 aliphatic carbocycles. The monoisotopic (exact) mass is 395 g/mol. The molecule has 0 bridgehead atoms. The van der Waals surface area contributed by atoms with Crippen LogP contribution < -0.4 is 16.0 Å². The molecule has 158 valence electrons. The van der Waals surface area contributed by atoms with E-state index in [4.69, 9.17) is 0 Å². The molecule has 2 aliphatic rings. The number of nitrogens with one attached hydrogen (secondary N) is 3. The maximum atomic E-state index is 12.5. The third-order valence-corrected chi connectivity index (χ3v) is 5.52. The summed E-state index contributed by atoms with van der Waals surface area (Å²) in [5, 5.41) is 8.15. The molecular weight excluding hydrogens is 362 g/mol. The molecule has 2 rings (SSSR count). The molecule has 2 aliphatic heterocycles. The van der Waals surface area contributed by atoms with Crippen molar-refractivity contribution in [1.29, 1.82) is 0 Å². The zero-order chi connectivity index (χ0) is 20.7. The molecule has 2 fully saturated rings. The van der Waals surface area contributed by atoms with Crippen LogP contribution in [0.5, 0.6) is 0 Å². The summed E-state index contributed by atoms with van der Waals surface area (Å²) in [7, 11) is 1.66. The molecule has 28 heavy (non-hydrogen) atoms. The number of carbonyl (C=O) groups is 4. The summed E-state index contributed by atoms with van der Waals surface area (Å²) < 4.78 is 0. The zero-order valence-corrected chi connectivity index (χ0v) is 17.1. The molecule has 2 saturated heterocycles. The minimum Gasteiger partial charge on any atom is -0.345 e. The van der Waals surface area contributed by atoms with Gasteiger partial charge in [-0.2, -0.15) is 0 Å². The highest BCUT2D eigenvalue weighted by atomic mass is 16.2. The van der Waals surface area contributed by atoms with Crippen LogP contribution in [0.2, 0.25) is 0 Å². The molecule has 2 heterocycles. The van der Waals surface area contributed by atoms with Gasteiger partial charge in [-0.15, -0.1) is 0 Å². The number of hydrogen-bond donors (Lipinski definition) is 3. The standard InChI is InChI=1S/C19H33N5O4/c1-14(2)8-15(22-16(26)9-20-3)18(28)21-10-17(27)24-7-5-19(12-24)4-6-23(11-19)13-25/h13-15,20H,4-12H2,1-3H3,(H,21,28)(H,22,26). The van der Waals surface area contributed by atoms with Gasteiger partial charge >= 0.3 is 0 Å². The Kier molecular flexibility index (Phi) is 7.79. The maximum Gasteiger partial charge on any atom is 0.243 e. The maximum absolute atomic E-state index is 12.5. The summed E-state index contributed by atoms with van der Waals surface area (Å²) in [4.78, 5) is 51.4. The molecule has 9 nitrogen and oxygen atoms in total. The van der Waals surface area contributed by atoms with Crippen molar-refractivity contribution in [2.24, 2.45) is 11.3 Å². The van der Waals surface area contributed by atoms with Gasteiger partial charge in [0.25, 0.3) is 0 Å². The summed E-state index contributed by atoms with van der Waals surface area (Å²) in [6, 6.07) is -0.658. The first-order valence-electron chi connectivity index (χ1n) is 9.97. The lowest BCUT2D eigenvalue weighted by Gasteiger charge is -2.24. The van der Waals surface area contributed by atoms with Gasteiger partial charge in [0.15, 0.2) is 0 Å². The van der Waals surface area contributed by atoms with Crippen molar-refractivity contribution in [2.45, 2.75) is 39.2 Å². The van der Waals surface area contributed by atoms with Gasteiger partial charge in [0.2, 0.25) is 24.1 Å². The van der Waals surface area contributed by atoms with Crippen molar-refractivity contribution < 1.29 is 19.2 Å². The van der Waals surface area contributed by atoms with Gasteiger partial charge in [0, 0.05) is 31.6 Å². The minimum absolute atomic E-state index is 0.00187. The first-order chi connectivity index (χ1) is 13.3. The van der Waals surface area contributed by atoms with E-state index in [-0.39, 0.29) is 42.1 Å². The Morgan fingerprint density at radius 1 is 1.11 bits per heavy atom. The molecule has 9 heteroatoms. The smallest absolute Gasteiger partial charge is 0.243 e. The molecule has 4 amide bonds. The van der Waals surface area contributed by atoms with Crippen LogP contribution in [0.1, 0.15) is 33.1 Å². The average molecular weight is 396 g/mol. The van der Waals surface area contributed by atoms with E-state index in [9.17, 15) is 19.2 Å². The van der Waals surface area contributed by atoms with Gasteiger partial charge in [-0.3, -0.25) is 19.2 Å². The van der Waals surface area contributed by atoms with Gasteiger partial charge in [-0.25, -0.2) is 0 Å². The van der Waals surface area contributed by atoms with E-state index in [1.807, 2.05) is 13.8 Å². The third kappa shape index (κ3) is 5.92. The molecule has 0 aromatic rings. The number of nitrogens with zero attached hydrogens (tertiary/aromatic N) is 2. The van der Waals surface area contributed by atoms with Crippen LogP contribution >= 0.6 is 0 Å². The van der Waals surface area contributed by atoms with Crippen LogP contribution in [-0.4, -0.2) is 86.3 Å². The number of rotatable bonds is 9. The van der Waals surface area contributed by atoms with E-state index in [2.05, 4.69) is 16.0 Å². The summed E-state index contributed by atoms with van der Waals surface area (Å²) >= 11 is 0.